The van der Waals surface area contributed by atoms with E-state index in [2.05, 4.69) is 38.2 Å². The largest absolute Gasteiger partial charge is 0.489 e. The number of ether oxygens (including phenoxy) is 3. The van der Waals surface area contributed by atoms with E-state index in [4.69, 9.17) is 18.6 Å². The zero-order valence-electron chi connectivity index (χ0n) is 26.3. The number of nitrogens with zero attached hydrogens (tertiary/aromatic N) is 2. The van der Waals surface area contributed by atoms with Crippen molar-refractivity contribution in [2.24, 2.45) is 4.36 Å². The molecular formula is C29H50N2O7SSi. The maximum atomic E-state index is 14.8. The Morgan fingerprint density at radius 1 is 1.18 bits per heavy atom. The Morgan fingerprint density at radius 3 is 2.40 bits per heavy atom. The number of hydrogen-bond acceptors (Lipinski definition) is 7. The molecule has 1 aliphatic rings. The summed E-state index contributed by atoms with van der Waals surface area (Å²) < 4.78 is 43.5. The van der Waals surface area contributed by atoms with Crippen LogP contribution in [0.15, 0.2) is 27.5 Å². The van der Waals surface area contributed by atoms with Crippen LogP contribution in [0.25, 0.3) is 0 Å². The number of carbonyl (C=O) groups excluding carboxylic acids is 2. The van der Waals surface area contributed by atoms with Crippen molar-refractivity contribution in [3.8, 4) is 5.75 Å². The molecular weight excluding hydrogens is 548 g/mol. The van der Waals surface area contributed by atoms with Crippen molar-refractivity contribution in [2.45, 2.75) is 122 Å². The summed E-state index contributed by atoms with van der Waals surface area (Å²) in [6, 6.07) is 4.46. The van der Waals surface area contributed by atoms with Gasteiger partial charge in [0.05, 0.1) is 13.2 Å². The molecule has 228 valence electrons. The predicted molar refractivity (Wildman–Crippen MR) is 160 cm³/mol. The quantitative estimate of drug-likeness (QED) is 0.164. The van der Waals surface area contributed by atoms with E-state index >= 15 is 0 Å². The lowest BCUT2D eigenvalue weighted by Crippen LogP contribution is -2.41. The van der Waals surface area contributed by atoms with Crippen LogP contribution in [0.3, 0.4) is 0 Å². The van der Waals surface area contributed by atoms with Gasteiger partial charge in [0.1, 0.15) is 22.3 Å². The molecule has 1 aliphatic heterocycles. The smallest absolute Gasteiger partial charge is 0.443 e. The third-order valence-corrected chi connectivity index (χ3v) is 14.2. The molecule has 9 nitrogen and oxygen atoms in total. The van der Waals surface area contributed by atoms with Gasteiger partial charge in [-0.1, -0.05) is 26.8 Å². The molecule has 1 amide bonds. The standard InChI is InChI=1S/C29H50N2O7SSi/c1-21-16-17-25(24(20-21)37-22(2)14-13-19-36-40(10,11)29(6,7)8)39(34,30-27(33)38-28(3,4)5)31-18-12-15-23(31)26(32)35-9/h16-17,20,22-23H,12-15,18-19H2,1-11H3/t22-,23+,39+/m1/s1. The van der Waals surface area contributed by atoms with Crippen molar-refractivity contribution in [2.75, 3.05) is 20.3 Å². The monoisotopic (exact) mass is 598 g/mol. The Morgan fingerprint density at radius 2 is 1.82 bits per heavy atom. The van der Waals surface area contributed by atoms with Crippen molar-refractivity contribution >= 4 is 30.3 Å². The summed E-state index contributed by atoms with van der Waals surface area (Å²) in [7, 11) is -4.18. The first-order valence-electron chi connectivity index (χ1n) is 14.1. The van der Waals surface area contributed by atoms with Crippen LogP contribution < -0.4 is 4.74 Å². The molecule has 0 bridgehead atoms. The fourth-order valence-corrected chi connectivity index (χ4v) is 7.45. The van der Waals surface area contributed by atoms with Gasteiger partial charge in [-0.2, -0.15) is 4.31 Å². The second kappa shape index (κ2) is 13.4. The van der Waals surface area contributed by atoms with Crippen LogP contribution in [0, 0.1) is 6.92 Å². The molecule has 1 aromatic rings. The molecule has 1 aromatic carbocycles. The average molecular weight is 599 g/mol. The Balaban J connectivity index is 2.41. The first-order chi connectivity index (χ1) is 18.3. The van der Waals surface area contributed by atoms with Crippen LogP contribution >= 0.6 is 0 Å². The lowest BCUT2D eigenvalue weighted by molar-refractivity contribution is -0.144. The van der Waals surface area contributed by atoms with Gasteiger partial charge in [0.15, 0.2) is 18.2 Å². The van der Waals surface area contributed by atoms with E-state index in [0.29, 0.717) is 31.7 Å². The average Bonchev–Trinajstić information content (AvgIpc) is 3.30. The van der Waals surface area contributed by atoms with Gasteiger partial charge in [0.2, 0.25) is 0 Å². The molecule has 11 heteroatoms. The molecule has 0 N–H and O–H groups in total. The van der Waals surface area contributed by atoms with Crippen molar-refractivity contribution in [1.29, 1.82) is 0 Å². The summed E-state index contributed by atoms with van der Waals surface area (Å²) in [5.74, 6) is -0.153. The SMILES string of the molecule is COC(=O)[C@@H]1CCCN1[S@@](=O)(=NC(=O)OC(C)(C)C)c1ccc(C)cc1O[C@H](C)CCCO[Si](C)(C)C(C)(C)C. The van der Waals surface area contributed by atoms with Gasteiger partial charge in [-0.15, -0.1) is 4.36 Å². The molecule has 0 aliphatic carbocycles. The maximum Gasteiger partial charge on any atom is 0.443 e. The summed E-state index contributed by atoms with van der Waals surface area (Å²) in [6.07, 6.45) is 1.40. The van der Waals surface area contributed by atoms with E-state index in [1.807, 2.05) is 13.8 Å². The van der Waals surface area contributed by atoms with E-state index in [0.717, 1.165) is 18.4 Å². The maximum absolute atomic E-state index is 14.8. The molecule has 40 heavy (non-hydrogen) atoms. The molecule has 3 atom stereocenters. The third kappa shape index (κ3) is 9.02. The Labute approximate surface area is 242 Å². The number of esters is 1. The highest BCUT2D eigenvalue weighted by molar-refractivity contribution is 7.91. The van der Waals surface area contributed by atoms with Crippen LogP contribution in [0.2, 0.25) is 18.1 Å². The highest BCUT2D eigenvalue weighted by atomic mass is 32.2. The van der Waals surface area contributed by atoms with E-state index < -0.39 is 41.9 Å². The predicted octanol–water partition coefficient (Wildman–Crippen LogP) is 6.88. The highest BCUT2D eigenvalue weighted by Gasteiger charge is 2.41. The summed E-state index contributed by atoms with van der Waals surface area (Å²) in [4.78, 5) is 25.8. The Kier molecular flexibility index (Phi) is 11.4. The number of benzene rings is 1. The van der Waals surface area contributed by atoms with Crippen LogP contribution in [0.4, 0.5) is 4.79 Å². The second-order valence-corrected chi connectivity index (χ2v) is 19.9. The zero-order chi connectivity index (χ0) is 30.5. The lowest BCUT2D eigenvalue weighted by Gasteiger charge is -2.36. The molecule has 0 radical (unpaired) electrons. The van der Waals surface area contributed by atoms with Crippen LogP contribution in [0.5, 0.6) is 5.75 Å². The minimum Gasteiger partial charge on any atom is -0.489 e. The second-order valence-electron chi connectivity index (χ2n) is 13.0. The summed E-state index contributed by atoms with van der Waals surface area (Å²) in [5.41, 5.74) is 0.0681. The van der Waals surface area contributed by atoms with Crippen LogP contribution in [-0.2, 0) is 28.6 Å². The number of rotatable bonds is 10. The third-order valence-electron chi connectivity index (χ3n) is 7.32. The van der Waals surface area contributed by atoms with Gasteiger partial charge in [-0.05, 0) is 96.1 Å². The molecule has 0 unspecified atom stereocenters. The highest BCUT2D eigenvalue weighted by Crippen LogP contribution is 2.37. The van der Waals surface area contributed by atoms with E-state index in [9.17, 15) is 13.8 Å². The summed E-state index contributed by atoms with van der Waals surface area (Å²) in [5, 5.41) is 0.140. The number of methoxy groups -OCH3 is 1. The van der Waals surface area contributed by atoms with Gasteiger partial charge < -0.3 is 18.6 Å². The van der Waals surface area contributed by atoms with Gasteiger partial charge in [0.25, 0.3) is 0 Å². The van der Waals surface area contributed by atoms with Gasteiger partial charge in [-0.3, -0.25) is 4.79 Å². The van der Waals surface area contributed by atoms with Crippen LogP contribution in [0.1, 0.15) is 79.7 Å². The van der Waals surface area contributed by atoms with Gasteiger partial charge in [-0.25, -0.2) is 9.00 Å². The molecule has 1 fully saturated rings. The molecule has 0 spiro atoms. The minimum atomic E-state index is -3.64. The Hall–Kier alpha value is -1.95. The normalized spacial score (nSPS) is 19.0. The molecule has 2 rings (SSSR count). The zero-order valence-corrected chi connectivity index (χ0v) is 28.1. The topological polar surface area (TPSA) is 104 Å². The Bertz CT molecular complexity index is 1160. The fraction of sp³-hybridized carbons (Fsp3) is 0.724. The summed E-state index contributed by atoms with van der Waals surface area (Å²) >= 11 is 0. The van der Waals surface area contributed by atoms with Crippen molar-refractivity contribution in [1.82, 2.24) is 4.31 Å². The molecule has 1 saturated heterocycles. The minimum absolute atomic E-state index is 0.140. The number of carbonyl (C=O) groups is 2. The molecule has 1 heterocycles. The first-order valence-corrected chi connectivity index (χ1v) is 18.4. The van der Waals surface area contributed by atoms with E-state index in [1.165, 1.54) is 11.4 Å². The fourth-order valence-electron chi connectivity index (χ4n) is 4.13. The molecule has 0 saturated carbocycles. The van der Waals surface area contributed by atoms with Crippen molar-refractivity contribution in [3.63, 3.8) is 0 Å². The molecule has 0 aromatic heterocycles. The van der Waals surface area contributed by atoms with Crippen molar-refractivity contribution in [3.05, 3.63) is 23.8 Å². The first kappa shape index (κ1) is 34.2. The van der Waals surface area contributed by atoms with Crippen LogP contribution in [-0.4, -0.2) is 66.9 Å². The number of hydrogen-bond donors (Lipinski definition) is 0. The summed E-state index contributed by atoms with van der Waals surface area (Å²) in [6.45, 7) is 21.1. The van der Waals surface area contributed by atoms with Gasteiger partial charge in [0, 0.05) is 13.2 Å². The van der Waals surface area contributed by atoms with Crippen molar-refractivity contribution < 1.29 is 32.4 Å². The van der Waals surface area contributed by atoms with E-state index in [-0.39, 0.29) is 16.0 Å². The van der Waals surface area contributed by atoms with E-state index in [1.54, 1.807) is 39.0 Å². The lowest BCUT2D eigenvalue weighted by atomic mass is 10.2. The number of amides is 1. The number of aryl methyl sites for hydroxylation is 1. The van der Waals surface area contributed by atoms with Gasteiger partial charge >= 0.3 is 12.1 Å².